The summed E-state index contributed by atoms with van der Waals surface area (Å²) in [5, 5.41) is 9.69. The lowest BCUT2D eigenvalue weighted by Gasteiger charge is -2.24. The molecular formula is C13H19ClN2OS. The van der Waals surface area contributed by atoms with Crippen LogP contribution in [-0.4, -0.2) is 33.7 Å². The molecule has 0 atom stereocenters. The van der Waals surface area contributed by atoms with Crippen molar-refractivity contribution in [3.8, 4) is 0 Å². The molecule has 0 aromatic carbocycles. The van der Waals surface area contributed by atoms with Crippen molar-refractivity contribution in [3.05, 3.63) is 22.8 Å². The number of aliphatic hydroxyl groups excluding tert-OH is 1. The van der Waals surface area contributed by atoms with Crippen LogP contribution in [0.4, 0.5) is 5.82 Å². The highest BCUT2D eigenvalue weighted by Crippen LogP contribution is 2.33. The number of anilines is 1. The van der Waals surface area contributed by atoms with Gasteiger partial charge in [0.15, 0.2) is 0 Å². The molecule has 18 heavy (non-hydrogen) atoms. The summed E-state index contributed by atoms with van der Waals surface area (Å²) >= 11 is 8.24. The van der Waals surface area contributed by atoms with E-state index in [1.807, 2.05) is 11.8 Å². The smallest absolute Gasteiger partial charge is 0.147 e. The zero-order valence-corrected chi connectivity index (χ0v) is 12.4. The molecule has 1 N–H and O–H groups in total. The van der Waals surface area contributed by atoms with Gasteiger partial charge >= 0.3 is 0 Å². The Kier molecular flexibility index (Phi) is 4.41. The van der Waals surface area contributed by atoms with Crippen LogP contribution in [0.25, 0.3) is 0 Å². The van der Waals surface area contributed by atoms with Crippen LogP contribution >= 0.6 is 23.4 Å². The molecule has 5 heteroatoms. The standard InChI is InChI=1S/C13H19ClN2OS/c1-13(2)3-4-16(5-6-18-13)12-11(14)7-10(9-17)8-15-12/h7-8,17H,3-6,9H2,1-2H3. The highest BCUT2D eigenvalue weighted by Gasteiger charge is 2.25. The number of pyridine rings is 1. The molecule has 0 radical (unpaired) electrons. The molecule has 1 fully saturated rings. The molecule has 0 saturated carbocycles. The van der Waals surface area contributed by atoms with E-state index in [0.29, 0.717) is 9.77 Å². The topological polar surface area (TPSA) is 36.4 Å². The zero-order chi connectivity index (χ0) is 13.2. The van der Waals surface area contributed by atoms with E-state index in [-0.39, 0.29) is 6.61 Å². The van der Waals surface area contributed by atoms with E-state index in [1.54, 1.807) is 12.3 Å². The van der Waals surface area contributed by atoms with E-state index in [2.05, 4.69) is 23.7 Å². The van der Waals surface area contributed by atoms with Crippen LogP contribution in [0.1, 0.15) is 25.8 Å². The first-order valence-electron chi connectivity index (χ1n) is 6.16. The fourth-order valence-electron chi connectivity index (χ4n) is 2.02. The molecule has 1 aliphatic heterocycles. The maximum absolute atomic E-state index is 9.06. The van der Waals surface area contributed by atoms with Crippen LogP contribution in [0.3, 0.4) is 0 Å². The molecule has 0 spiro atoms. The van der Waals surface area contributed by atoms with Gasteiger partial charge in [0, 0.05) is 29.8 Å². The van der Waals surface area contributed by atoms with E-state index in [1.165, 1.54) is 0 Å². The van der Waals surface area contributed by atoms with Crippen molar-refractivity contribution in [1.82, 2.24) is 4.98 Å². The Hall–Kier alpha value is -0.450. The Bertz CT molecular complexity index is 425. The lowest BCUT2D eigenvalue weighted by Crippen LogP contribution is -2.28. The van der Waals surface area contributed by atoms with Crippen molar-refractivity contribution < 1.29 is 5.11 Å². The lowest BCUT2D eigenvalue weighted by atomic mass is 10.1. The van der Waals surface area contributed by atoms with Crippen LogP contribution in [0.5, 0.6) is 0 Å². The van der Waals surface area contributed by atoms with Gasteiger partial charge in [-0.3, -0.25) is 0 Å². The van der Waals surface area contributed by atoms with Gasteiger partial charge in [0.2, 0.25) is 0 Å². The van der Waals surface area contributed by atoms with Crippen molar-refractivity contribution in [1.29, 1.82) is 0 Å². The summed E-state index contributed by atoms with van der Waals surface area (Å²) in [6.07, 6.45) is 2.82. The zero-order valence-electron chi connectivity index (χ0n) is 10.8. The number of nitrogens with zero attached hydrogens (tertiary/aromatic N) is 2. The molecule has 2 heterocycles. The third kappa shape index (κ3) is 3.31. The van der Waals surface area contributed by atoms with Crippen LogP contribution in [0.2, 0.25) is 5.02 Å². The summed E-state index contributed by atoms with van der Waals surface area (Å²) in [7, 11) is 0. The predicted octanol–water partition coefficient (Wildman–Crippen LogP) is 2.95. The normalized spacial score (nSPS) is 19.7. The predicted molar refractivity (Wildman–Crippen MR) is 78.5 cm³/mol. The molecular weight excluding hydrogens is 268 g/mol. The second-order valence-corrected chi connectivity index (χ2v) is 7.36. The molecule has 0 bridgehead atoms. The van der Waals surface area contributed by atoms with E-state index in [0.717, 1.165) is 36.6 Å². The third-order valence-electron chi connectivity index (χ3n) is 3.20. The highest BCUT2D eigenvalue weighted by atomic mass is 35.5. The summed E-state index contributed by atoms with van der Waals surface area (Å²) in [5.74, 6) is 1.93. The number of aromatic nitrogens is 1. The first-order valence-corrected chi connectivity index (χ1v) is 7.52. The van der Waals surface area contributed by atoms with Gasteiger partial charge in [0.05, 0.1) is 11.6 Å². The quantitative estimate of drug-likeness (QED) is 0.907. The maximum Gasteiger partial charge on any atom is 0.147 e. The Morgan fingerprint density at radius 3 is 2.94 bits per heavy atom. The first kappa shape index (κ1) is 14.0. The molecule has 1 aromatic rings. The van der Waals surface area contributed by atoms with Crippen LogP contribution in [0, 0.1) is 0 Å². The summed E-state index contributed by atoms with van der Waals surface area (Å²) in [5.41, 5.74) is 0.758. The minimum atomic E-state index is -0.0180. The second kappa shape index (κ2) is 5.68. The van der Waals surface area contributed by atoms with Gasteiger partial charge in [0.25, 0.3) is 0 Å². The summed E-state index contributed by atoms with van der Waals surface area (Å²) in [6.45, 7) is 6.50. The average Bonchev–Trinajstić information content (AvgIpc) is 2.50. The van der Waals surface area contributed by atoms with Gasteiger partial charge < -0.3 is 10.0 Å². The molecule has 1 aliphatic rings. The number of hydrogen-bond donors (Lipinski definition) is 1. The number of rotatable bonds is 2. The Labute approximate surface area is 118 Å². The van der Waals surface area contributed by atoms with Crippen LogP contribution < -0.4 is 4.90 Å². The van der Waals surface area contributed by atoms with Crippen molar-refractivity contribution >= 4 is 29.2 Å². The Balaban J connectivity index is 2.16. The van der Waals surface area contributed by atoms with Crippen molar-refractivity contribution in [2.75, 3.05) is 23.7 Å². The maximum atomic E-state index is 9.06. The van der Waals surface area contributed by atoms with Crippen molar-refractivity contribution in [3.63, 3.8) is 0 Å². The molecule has 0 amide bonds. The van der Waals surface area contributed by atoms with Gasteiger partial charge in [-0.15, -0.1) is 0 Å². The van der Waals surface area contributed by atoms with Gasteiger partial charge in [-0.05, 0) is 18.1 Å². The monoisotopic (exact) mass is 286 g/mol. The van der Waals surface area contributed by atoms with E-state index < -0.39 is 0 Å². The number of hydrogen-bond acceptors (Lipinski definition) is 4. The van der Waals surface area contributed by atoms with Gasteiger partial charge in [0.1, 0.15) is 5.82 Å². The summed E-state index contributed by atoms with van der Waals surface area (Å²) in [4.78, 5) is 6.63. The molecule has 100 valence electrons. The van der Waals surface area contributed by atoms with E-state index in [4.69, 9.17) is 16.7 Å². The number of aliphatic hydroxyl groups is 1. The SMILES string of the molecule is CC1(C)CCN(c2ncc(CO)cc2Cl)CCS1. The van der Waals surface area contributed by atoms with Crippen molar-refractivity contribution in [2.45, 2.75) is 31.6 Å². The van der Waals surface area contributed by atoms with E-state index >= 15 is 0 Å². The Morgan fingerprint density at radius 1 is 1.50 bits per heavy atom. The molecule has 0 aliphatic carbocycles. The fraction of sp³-hybridized carbons (Fsp3) is 0.615. The van der Waals surface area contributed by atoms with Gasteiger partial charge in [-0.25, -0.2) is 4.98 Å². The number of halogens is 1. The average molecular weight is 287 g/mol. The third-order valence-corrected chi connectivity index (χ3v) is 4.85. The molecule has 3 nitrogen and oxygen atoms in total. The summed E-state index contributed by atoms with van der Waals surface area (Å²) in [6, 6.07) is 1.80. The minimum Gasteiger partial charge on any atom is -0.392 e. The highest BCUT2D eigenvalue weighted by molar-refractivity contribution is 8.00. The first-order chi connectivity index (χ1) is 8.52. The lowest BCUT2D eigenvalue weighted by molar-refractivity contribution is 0.281. The minimum absolute atomic E-state index is 0.0180. The number of thioether (sulfide) groups is 1. The molecule has 1 aromatic heterocycles. The molecule has 0 unspecified atom stereocenters. The van der Waals surface area contributed by atoms with Gasteiger partial charge in [-0.1, -0.05) is 25.4 Å². The van der Waals surface area contributed by atoms with Crippen molar-refractivity contribution in [2.24, 2.45) is 0 Å². The Morgan fingerprint density at radius 2 is 2.28 bits per heavy atom. The summed E-state index contributed by atoms with van der Waals surface area (Å²) < 4.78 is 0.326. The molecule has 1 saturated heterocycles. The largest absolute Gasteiger partial charge is 0.392 e. The fourth-order valence-corrected chi connectivity index (χ4v) is 3.43. The molecule has 2 rings (SSSR count). The van der Waals surface area contributed by atoms with Crippen LogP contribution in [-0.2, 0) is 6.61 Å². The van der Waals surface area contributed by atoms with Gasteiger partial charge in [-0.2, -0.15) is 11.8 Å². The van der Waals surface area contributed by atoms with E-state index in [9.17, 15) is 0 Å². The second-order valence-electron chi connectivity index (χ2n) is 5.15. The van der Waals surface area contributed by atoms with Crippen LogP contribution in [0.15, 0.2) is 12.3 Å².